The summed E-state index contributed by atoms with van der Waals surface area (Å²) < 4.78 is 1.71. The first-order chi connectivity index (χ1) is 12.6. The Kier molecular flexibility index (Phi) is 6.02. The van der Waals surface area contributed by atoms with E-state index in [4.69, 9.17) is 11.6 Å². The predicted molar refractivity (Wildman–Crippen MR) is 102 cm³/mol. The summed E-state index contributed by atoms with van der Waals surface area (Å²) in [7, 11) is 1.84. The number of amides is 1. The van der Waals surface area contributed by atoms with Gasteiger partial charge in [0.15, 0.2) is 0 Å². The summed E-state index contributed by atoms with van der Waals surface area (Å²) in [6, 6.07) is 17.7. The molecule has 1 heterocycles. The second-order valence-corrected chi connectivity index (χ2v) is 6.56. The van der Waals surface area contributed by atoms with Crippen LogP contribution in [0.3, 0.4) is 0 Å². The second-order valence-electron chi connectivity index (χ2n) is 6.12. The van der Waals surface area contributed by atoms with Crippen LogP contribution < -0.4 is 5.32 Å². The zero-order valence-corrected chi connectivity index (χ0v) is 15.4. The zero-order chi connectivity index (χ0) is 18.4. The molecular weight excluding hydrogens is 348 g/mol. The molecule has 0 saturated carbocycles. The van der Waals surface area contributed by atoms with Gasteiger partial charge in [0.2, 0.25) is 5.91 Å². The molecule has 2 aromatic carbocycles. The van der Waals surface area contributed by atoms with Gasteiger partial charge in [0.25, 0.3) is 0 Å². The van der Waals surface area contributed by atoms with Crippen LogP contribution in [-0.4, -0.2) is 27.2 Å². The number of nitrogens with zero attached hydrogens (tertiary/aromatic N) is 3. The third kappa shape index (κ3) is 4.70. The Bertz CT molecular complexity index is 863. The lowest BCUT2D eigenvalue weighted by molar-refractivity contribution is -0.121. The standard InChI is InChI=1S/C20H21ClN4O/c1-25-19(23-14-24-25)10-11-22-20(26)13-18(15-6-3-2-4-7-15)16-8-5-9-17(21)12-16/h2-9,12,14,18H,10-11,13H2,1H3,(H,22,26)/t18-/m0/s1. The highest BCUT2D eigenvalue weighted by atomic mass is 35.5. The Morgan fingerprint density at radius 2 is 1.92 bits per heavy atom. The number of halogens is 1. The van der Waals surface area contributed by atoms with Gasteiger partial charge in [-0.25, -0.2) is 4.98 Å². The lowest BCUT2D eigenvalue weighted by atomic mass is 9.88. The zero-order valence-electron chi connectivity index (χ0n) is 14.6. The number of hydrogen-bond donors (Lipinski definition) is 1. The summed E-state index contributed by atoms with van der Waals surface area (Å²) in [6.07, 6.45) is 2.53. The van der Waals surface area contributed by atoms with Gasteiger partial charge >= 0.3 is 0 Å². The van der Waals surface area contributed by atoms with E-state index in [1.807, 2.05) is 61.6 Å². The highest BCUT2D eigenvalue weighted by Gasteiger charge is 2.18. The van der Waals surface area contributed by atoms with Crippen LogP contribution in [0.25, 0.3) is 0 Å². The lowest BCUT2D eigenvalue weighted by Gasteiger charge is -2.18. The maximum absolute atomic E-state index is 12.5. The van der Waals surface area contributed by atoms with Crippen molar-refractivity contribution in [2.75, 3.05) is 6.54 Å². The molecule has 0 radical (unpaired) electrons. The quantitative estimate of drug-likeness (QED) is 0.695. The van der Waals surface area contributed by atoms with Gasteiger partial charge in [-0.2, -0.15) is 5.10 Å². The summed E-state index contributed by atoms with van der Waals surface area (Å²) >= 11 is 6.15. The molecule has 26 heavy (non-hydrogen) atoms. The average Bonchev–Trinajstić information content (AvgIpc) is 3.05. The highest BCUT2D eigenvalue weighted by molar-refractivity contribution is 6.30. The first-order valence-corrected chi connectivity index (χ1v) is 8.91. The lowest BCUT2D eigenvalue weighted by Crippen LogP contribution is -2.28. The van der Waals surface area contributed by atoms with Crippen molar-refractivity contribution in [3.05, 3.63) is 82.9 Å². The van der Waals surface area contributed by atoms with Gasteiger partial charge in [-0.1, -0.05) is 54.1 Å². The number of nitrogens with one attached hydrogen (secondary N) is 1. The molecule has 3 rings (SSSR count). The van der Waals surface area contributed by atoms with Crippen LogP contribution >= 0.6 is 11.6 Å². The molecule has 5 nitrogen and oxygen atoms in total. The molecule has 1 aromatic heterocycles. The Morgan fingerprint density at radius 3 is 2.62 bits per heavy atom. The van der Waals surface area contributed by atoms with Gasteiger partial charge in [0.1, 0.15) is 12.2 Å². The minimum Gasteiger partial charge on any atom is -0.356 e. The molecule has 0 spiro atoms. The van der Waals surface area contributed by atoms with Crippen LogP contribution in [0, 0.1) is 0 Å². The average molecular weight is 369 g/mol. The molecule has 0 saturated heterocycles. The SMILES string of the molecule is Cn1ncnc1CCNC(=O)C[C@@H](c1ccccc1)c1cccc(Cl)c1. The van der Waals surface area contributed by atoms with Crippen molar-refractivity contribution in [2.24, 2.45) is 7.05 Å². The number of benzene rings is 2. The Balaban J connectivity index is 1.67. The van der Waals surface area contributed by atoms with E-state index in [0.29, 0.717) is 24.4 Å². The summed E-state index contributed by atoms with van der Waals surface area (Å²) in [5, 5.41) is 7.68. The van der Waals surface area contributed by atoms with E-state index in [1.165, 1.54) is 6.33 Å². The van der Waals surface area contributed by atoms with Gasteiger partial charge in [0, 0.05) is 37.4 Å². The maximum atomic E-state index is 12.5. The summed E-state index contributed by atoms with van der Waals surface area (Å²) in [5.74, 6) is 0.811. The summed E-state index contributed by atoms with van der Waals surface area (Å²) in [5.41, 5.74) is 2.13. The van der Waals surface area contributed by atoms with Gasteiger partial charge in [0.05, 0.1) is 0 Å². The van der Waals surface area contributed by atoms with Crippen molar-refractivity contribution in [3.8, 4) is 0 Å². The topological polar surface area (TPSA) is 59.8 Å². The van der Waals surface area contributed by atoms with Crippen molar-refractivity contribution in [2.45, 2.75) is 18.8 Å². The van der Waals surface area contributed by atoms with Gasteiger partial charge in [-0.3, -0.25) is 9.48 Å². The fourth-order valence-corrected chi connectivity index (χ4v) is 3.15. The maximum Gasteiger partial charge on any atom is 0.220 e. The van der Waals surface area contributed by atoms with Crippen molar-refractivity contribution >= 4 is 17.5 Å². The molecule has 134 valence electrons. The van der Waals surface area contributed by atoms with E-state index in [9.17, 15) is 4.79 Å². The number of aromatic nitrogens is 3. The third-order valence-corrected chi connectivity index (χ3v) is 4.55. The molecule has 1 atom stereocenters. The Hall–Kier alpha value is -2.66. The van der Waals surface area contributed by atoms with Crippen molar-refractivity contribution in [3.63, 3.8) is 0 Å². The monoisotopic (exact) mass is 368 g/mol. The molecule has 1 amide bonds. The smallest absolute Gasteiger partial charge is 0.220 e. The number of rotatable bonds is 7. The van der Waals surface area contributed by atoms with Gasteiger partial charge in [-0.05, 0) is 23.3 Å². The third-order valence-electron chi connectivity index (χ3n) is 4.32. The highest BCUT2D eigenvalue weighted by Crippen LogP contribution is 2.29. The van der Waals surface area contributed by atoms with E-state index < -0.39 is 0 Å². The number of carbonyl (C=O) groups excluding carboxylic acids is 1. The molecule has 0 aliphatic carbocycles. The van der Waals surface area contributed by atoms with E-state index in [-0.39, 0.29) is 11.8 Å². The Labute approximate surface area is 158 Å². The Morgan fingerprint density at radius 1 is 1.15 bits per heavy atom. The molecule has 0 aliphatic rings. The van der Waals surface area contributed by atoms with E-state index >= 15 is 0 Å². The number of carbonyl (C=O) groups is 1. The van der Waals surface area contributed by atoms with Crippen molar-refractivity contribution < 1.29 is 4.79 Å². The predicted octanol–water partition coefficient (Wildman–Crippen LogP) is 3.35. The first kappa shape index (κ1) is 18.1. The van der Waals surface area contributed by atoms with Crippen LogP contribution in [0.2, 0.25) is 5.02 Å². The van der Waals surface area contributed by atoms with Crippen LogP contribution in [0.5, 0.6) is 0 Å². The minimum absolute atomic E-state index is 0.000923. The minimum atomic E-state index is -0.0373. The molecule has 1 N–H and O–H groups in total. The molecular formula is C20H21ClN4O. The molecule has 0 fully saturated rings. The normalized spacial score (nSPS) is 11.9. The van der Waals surface area contributed by atoms with Crippen molar-refractivity contribution in [1.82, 2.24) is 20.1 Å². The van der Waals surface area contributed by atoms with Crippen LogP contribution in [-0.2, 0) is 18.3 Å². The molecule has 6 heteroatoms. The van der Waals surface area contributed by atoms with Gasteiger partial charge in [-0.15, -0.1) is 0 Å². The van der Waals surface area contributed by atoms with Crippen molar-refractivity contribution in [1.29, 1.82) is 0 Å². The van der Waals surface area contributed by atoms with Crippen LogP contribution in [0.15, 0.2) is 60.9 Å². The van der Waals surface area contributed by atoms with E-state index in [1.54, 1.807) is 4.68 Å². The van der Waals surface area contributed by atoms with Crippen LogP contribution in [0.4, 0.5) is 0 Å². The molecule has 0 unspecified atom stereocenters. The fraction of sp³-hybridized carbons (Fsp3) is 0.250. The number of aryl methyl sites for hydroxylation is 1. The first-order valence-electron chi connectivity index (χ1n) is 8.53. The van der Waals surface area contributed by atoms with E-state index in [0.717, 1.165) is 17.0 Å². The molecule has 3 aromatic rings. The largest absolute Gasteiger partial charge is 0.356 e. The van der Waals surface area contributed by atoms with E-state index in [2.05, 4.69) is 15.4 Å². The number of hydrogen-bond acceptors (Lipinski definition) is 3. The fourth-order valence-electron chi connectivity index (χ4n) is 2.95. The molecule has 0 bridgehead atoms. The van der Waals surface area contributed by atoms with Gasteiger partial charge < -0.3 is 5.32 Å². The summed E-state index contributed by atoms with van der Waals surface area (Å²) in [4.78, 5) is 16.7. The molecule has 0 aliphatic heterocycles. The summed E-state index contributed by atoms with van der Waals surface area (Å²) in [6.45, 7) is 0.530. The van der Waals surface area contributed by atoms with Crippen LogP contribution in [0.1, 0.15) is 29.3 Å². The second kappa shape index (κ2) is 8.63.